The van der Waals surface area contributed by atoms with Gasteiger partial charge >= 0.3 is 0 Å². The molecule has 2 atom stereocenters. The SMILES string of the molecule is CC(O)CC(C)NC(=O)c1ccc2nc[nH]c2c1. The molecule has 0 fully saturated rings. The van der Waals surface area contributed by atoms with Crippen LogP contribution in [0, 0.1) is 0 Å². The molecule has 0 radical (unpaired) electrons. The molecule has 0 bridgehead atoms. The third-order valence-electron chi connectivity index (χ3n) is 2.75. The number of H-pyrrole nitrogens is 1. The van der Waals surface area contributed by atoms with Crippen molar-refractivity contribution in [3.8, 4) is 0 Å². The number of hydrogen-bond acceptors (Lipinski definition) is 3. The molecular formula is C13H17N3O2. The van der Waals surface area contributed by atoms with Gasteiger partial charge in [-0.25, -0.2) is 4.98 Å². The number of rotatable bonds is 4. The van der Waals surface area contributed by atoms with Crippen molar-refractivity contribution in [2.24, 2.45) is 0 Å². The van der Waals surface area contributed by atoms with Crippen molar-refractivity contribution in [1.82, 2.24) is 15.3 Å². The van der Waals surface area contributed by atoms with Crippen LogP contribution in [0.25, 0.3) is 11.0 Å². The Labute approximate surface area is 105 Å². The molecule has 5 nitrogen and oxygen atoms in total. The van der Waals surface area contributed by atoms with E-state index in [0.717, 1.165) is 11.0 Å². The maximum atomic E-state index is 12.0. The fraction of sp³-hybridized carbons (Fsp3) is 0.385. The molecule has 2 unspecified atom stereocenters. The first kappa shape index (κ1) is 12.6. The molecule has 18 heavy (non-hydrogen) atoms. The zero-order valence-electron chi connectivity index (χ0n) is 10.5. The minimum atomic E-state index is -0.421. The van der Waals surface area contributed by atoms with Crippen LogP contribution in [0.15, 0.2) is 24.5 Å². The van der Waals surface area contributed by atoms with Gasteiger partial charge in [-0.1, -0.05) is 0 Å². The first-order chi connectivity index (χ1) is 8.56. The van der Waals surface area contributed by atoms with Crippen molar-refractivity contribution < 1.29 is 9.90 Å². The number of hydrogen-bond donors (Lipinski definition) is 3. The molecule has 0 aliphatic rings. The minimum Gasteiger partial charge on any atom is -0.393 e. The van der Waals surface area contributed by atoms with E-state index in [1.54, 1.807) is 31.5 Å². The standard InChI is InChI=1S/C13H17N3O2/c1-8(5-9(2)17)16-13(18)10-3-4-11-12(6-10)15-7-14-11/h3-4,6-9,17H,5H2,1-2H3,(H,14,15)(H,16,18). The second-order valence-electron chi connectivity index (χ2n) is 4.59. The molecule has 0 saturated carbocycles. The summed E-state index contributed by atoms with van der Waals surface area (Å²) in [5, 5.41) is 12.1. The number of carbonyl (C=O) groups is 1. The molecule has 1 amide bonds. The number of nitrogens with zero attached hydrogens (tertiary/aromatic N) is 1. The second kappa shape index (κ2) is 5.18. The van der Waals surface area contributed by atoms with Crippen molar-refractivity contribution >= 4 is 16.9 Å². The Morgan fingerprint density at radius 3 is 3.00 bits per heavy atom. The molecule has 2 aromatic rings. The number of aromatic amines is 1. The summed E-state index contributed by atoms with van der Waals surface area (Å²) in [6, 6.07) is 5.26. The lowest BCUT2D eigenvalue weighted by atomic mass is 10.1. The zero-order valence-corrected chi connectivity index (χ0v) is 10.5. The van der Waals surface area contributed by atoms with Crippen molar-refractivity contribution in [3.05, 3.63) is 30.1 Å². The summed E-state index contributed by atoms with van der Waals surface area (Å²) in [7, 11) is 0. The van der Waals surface area contributed by atoms with E-state index in [0.29, 0.717) is 12.0 Å². The van der Waals surface area contributed by atoms with Gasteiger partial charge in [-0.2, -0.15) is 0 Å². The summed E-state index contributed by atoms with van der Waals surface area (Å²) in [5.41, 5.74) is 2.26. The normalized spacial score (nSPS) is 14.4. The molecule has 96 valence electrons. The van der Waals surface area contributed by atoms with Crippen LogP contribution in [0.5, 0.6) is 0 Å². The van der Waals surface area contributed by atoms with Gasteiger partial charge in [0.25, 0.3) is 5.91 Å². The van der Waals surface area contributed by atoms with Gasteiger partial charge in [0.05, 0.1) is 23.5 Å². The Morgan fingerprint density at radius 2 is 2.28 bits per heavy atom. The van der Waals surface area contributed by atoms with Gasteiger partial charge in [0.1, 0.15) is 0 Å². The highest BCUT2D eigenvalue weighted by Crippen LogP contribution is 2.11. The topological polar surface area (TPSA) is 78.0 Å². The van der Waals surface area contributed by atoms with E-state index < -0.39 is 6.10 Å². The zero-order chi connectivity index (χ0) is 13.1. The predicted octanol–water partition coefficient (Wildman–Crippen LogP) is 1.45. The Morgan fingerprint density at radius 1 is 1.50 bits per heavy atom. The molecule has 1 heterocycles. The number of amides is 1. The van der Waals surface area contributed by atoms with Crippen molar-refractivity contribution in [2.75, 3.05) is 0 Å². The van der Waals surface area contributed by atoms with Crippen LogP contribution in [0.2, 0.25) is 0 Å². The molecule has 1 aromatic carbocycles. The molecular weight excluding hydrogens is 230 g/mol. The van der Waals surface area contributed by atoms with Gasteiger partial charge in [-0.05, 0) is 38.5 Å². The Kier molecular flexibility index (Phi) is 3.62. The highest BCUT2D eigenvalue weighted by Gasteiger charge is 2.12. The van der Waals surface area contributed by atoms with Crippen LogP contribution >= 0.6 is 0 Å². The quantitative estimate of drug-likeness (QED) is 0.765. The summed E-state index contributed by atoms with van der Waals surface area (Å²) in [6.45, 7) is 3.58. The summed E-state index contributed by atoms with van der Waals surface area (Å²) in [5.74, 6) is -0.139. The van der Waals surface area contributed by atoms with E-state index >= 15 is 0 Å². The molecule has 1 aromatic heterocycles. The lowest BCUT2D eigenvalue weighted by Crippen LogP contribution is -2.34. The highest BCUT2D eigenvalue weighted by atomic mass is 16.3. The van der Waals surface area contributed by atoms with Gasteiger partial charge in [-0.15, -0.1) is 0 Å². The van der Waals surface area contributed by atoms with Gasteiger partial charge in [0.15, 0.2) is 0 Å². The summed E-state index contributed by atoms with van der Waals surface area (Å²) in [6.07, 6.45) is 1.72. The van der Waals surface area contributed by atoms with E-state index in [-0.39, 0.29) is 11.9 Å². The summed E-state index contributed by atoms with van der Waals surface area (Å²) >= 11 is 0. The smallest absolute Gasteiger partial charge is 0.251 e. The number of imidazole rings is 1. The van der Waals surface area contributed by atoms with Gasteiger partial charge in [0, 0.05) is 11.6 Å². The molecule has 0 aliphatic heterocycles. The molecule has 3 N–H and O–H groups in total. The Balaban J connectivity index is 2.08. The fourth-order valence-corrected chi connectivity index (χ4v) is 1.95. The largest absolute Gasteiger partial charge is 0.393 e. The average molecular weight is 247 g/mol. The number of benzene rings is 1. The van der Waals surface area contributed by atoms with E-state index in [1.165, 1.54) is 0 Å². The maximum Gasteiger partial charge on any atom is 0.251 e. The number of fused-ring (bicyclic) bond motifs is 1. The number of aliphatic hydroxyl groups excluding tert-OH is 1. The molecule has 0 saturated heterocycles. The maximum absolute atomic E-state index is 12.0. The molecule has 0 spiro atoms. The third-order valence-corrected chi connectivity index (χ3v) is 2.75. The van der Waals surface area contributed by atoms with E-state index in [2.05, 4.69) is 15.3 Å². The van der Waals surface area contributed by atoms with Gasteiger partial charge < -0.3 is 15.4 Å². The van der Waals surface area contributed by atoms with Crippen molar-refractivity contribution in [3.63, 3.8) is 0 Å². The van der Waals surface area contributed by atoms with Crippen LogP contribution in [0.1, 0.15) is 30.6 Å². The minimum absolute atomic E-state index is 0.0602. The van der Waals surface area contributed by atoms with Crippen LogP contribution in [-0.2, 0) is 0 Å². The van der Waals surface area contributed by atoms with E-state index in [1.807, 2.05) is 6.92 Å². The number of carbonyl (C=O) groups excluding carboxylic acids is 1. The van der Waals surface area contributed by atoms with Gasteiger partial charge in [-0.3, -0.25) is 4.79 Å². The fourth-order valence-electron chi connectivity index (χ4n) is 1.95. The van der Waals surface area contributed by atoms with Crippen molar-refractivity contribution in [1.29, 1.82) is 0 Å². The molecule has 2 rings (SSSR count). The summed E-state index contributed by atoms with van der Waals surface area (Å²) in [4.78, 5) is 19.0. The van der Waals surface area contributed by atoms with Crippen molar-refractivity contribution in [2.45, 2.75) is 32.4 Å². The lowest BCUT2D eigenvalue weighted by molar-refractivity contribution is 0.0923. The lowest BCUT2D eigenvalue weighted by Gasteiger charge is -2.15. The van der Waals surface area contributed by atoms with Crippen LogP contribution < -0.4 is 5.32 Å². The molecule has 5 heteroatoms. The highest BCUT2D eigenvalue weighted by molar-refractivity contribution is 5.97. The number of aliphatic hydroxyl groups is 1. The Hall–Kier alpha value is -1.88. The number of aromatic nitrogens is 2. The van der Waals surface area contributed by atoms with Crippen LogP contribution in [-0.4, -0.2) is 33.1 Å². The molecule has 0 aliphatic carbocycles. The summed E-state index contributed by atoms with van der Waals surface area (Å²) < 4.78 is 0. The monoisotopic (exact) mass is 247 g/mol. The first-order valence-electron chi connectivity index (χ1n) is 5.98. The van der Waals surface area contributed by atoms with E-state index in [4.69, 9.17) is 0 Å². The van der Waals surface area contributed by atoms with E-state index in [9.17, 15) is 9.90 Å². The first-order valence-corrected chi connectivity index (χ1v) is 5.98. The third kappa shape index (κ3) is 2.87. The number of nitrogens with one attached hydrogen (secondary N) is 2. The van der Waals surface area contributed by atoms with Crippen LogP contribution in [0.3, 0.4) is 0 Å². The predicted molar refractivity (Wildman–Crippen MR) is 69.3 cm³/mol. The second-order valence-corrected chi connectivity index (χ2v) is 4.59. The average Bonchev–Trinajstić information content (AvgIpc) is 2.74. The van der Waals surface area contributed by atoms with Gasteiger partial charge in [0.2, 0.25) is 0 Å². The van der Waals surface area contributed by atoms with Crippen LogP contribution in [0.4, 0.5) is 0 Å². The Bertz CT molecular complexity index is 548.